The van der Waals surface area contributed by atoms with Crippen molar-refractivity contribution in [3.05, 3.63) is 24.0 Å². The second-order valence-electron chi connectivity index (χ2n) is 5.98. The number of ketones is 1. The molecule has 2 atom stereocenters. The Balaban J connectivity index is 2.57. The van der Waals surface area contributed by atoms with E-state index in [-0.39, 0.29) is 29.5 Å². The van der Waals surface area contributed by atoms with Gasteiger partial charge in [-0.1, -0.05) is 19.9 Å². The third-order valence-corrected chi connectivity index (χ3v) is 5.10. The van der Waals surface area contributed by atoms with E-state index in [9.17, 15) is 9.59 Å². The maximum atomic E-state index is 12.8. The minimum Gasteiger partial charge on any atom is -0.490 e. The minimum atomic E-state index is -0.580. The van der Waals surface area contributed by atoms with Crippen molar-refractivity contribution in [1.82, 2.24) is 0 Å². The van der Waals surface area contributed by atoms with Gasteiger partial charge in [0, 0.05) is 5.57 Å². The van der Waals surface area contributed by atoms with Crippen molar-refractivity contribution in [3.8, 4) is 0 Å². The Bertz CT molecular complexity index is 501. The van der Waals surface area contributed by atoms with E-state index in [2.05, 4.69) is 20.4 Å². The molecule has 2 bridgehead atoms. The summed E-state index contributed by atoms with van der Waals surface area (Å²) in [5.74, 6) is -0.495. The standard InChI is InChI=1S/C16H22O4/c1-6-16-9-8-10(15(16,3)4)11(13(16)17)12(19-5)14(18)20-7-2/h6,10H,1,7-9H2,2-5H3/b12-11+. The number of rotatable bonds is 4. The van der Waals surface area contributed by atoms with Gasteiger partial charge in [0.2, 0.25) is 5.76 Å². The van der Waals surface area contributed by atoms with Gasteiger partial charge in [-0.25, -0.2) is 4.79 Å². The van der Waals surface area contributed by atoms with Crippen LogP contribution in [0.25, 0.3) is 0 Å². The molecule has 2 aliphatic rings. The largest absolute Gasteiger partial charge is 0.490 e. The monoisotopic (exact) mass is 278 g/mol. The van der Waals surface area contributed by atoms with Crippen molar-refractivity contribution >= 4 is 11.8 Å². The highest BCUT2D eigenvalue weighted by molar-refractivity contribution is 6.10. The SMILES string of the molecule is C=CC12CCC(/C(=C(\OC)C(=O)OCC)C1=O)C2(C)C. The number of allylic oxidation sites excluding steroid dienone is 2. The topological polar surface area (TPSA) is 52.6 Å². The second kappa shape index (κ2) is 4.76. The average molecular weight is 278 g/mol. The van der Waals surface area contributed by atoms with Crippen LogP contribution in [0.15, 0.2) is 24.0 Å². The number of ether oxygens (including phenoxy) is 2. The van der Waals surface area contributed by atoms with Gasteiger partial charge >= 0.3 is 5.97 Å². The quantitative estimate of drug-likeness (QED) is 0.343. The highest BCUT2D eigenvalue weighted by Gasteiger charge is 2.66. The first kappa shape index (κ1) is 14.8. The van der Waals surface area contributed by atoms with Gasteiger partial charge in [0.1, 0.15) is 0 Å². The summed E-state index contributed by atoms with van der Waals surface area (Å²) in [6, 6.07) is 0. The summed E-state index contributed by atoms with van der Waals surface area (Å²) in [7, 11) is 1.41. The lowest BCUT2D eigenvalue weighted by Gasteiger charge is -2.32. The van der Waals surface area contributed by atoms with Crippen molar-refractivity contribution < 1.29 is 19.1 Å². The predicted octanol–water partition coefficient (Wildman–Crippen LogP) is 2.64. The van der Waals surface area contributed by atoms with Crippen LogP contribution in [0.1, 0.15) is 33.6 Å². The Labute approximate surface area is 119 Å². The molecule has 0 radical (unpaired) electrons. The van der Waals surface area contributed by atoms with Crippen molar-refractivity contribution in [1.29, 1.82) is 0 Å². The third-order valence-electron chi connectivity index (χ3n) is 5.10. The summed E-state index contributed by atoms with van der Waals surface area (Å²) in [5, 5.41) is 0. The summed E-state index contributed by atoms with van der Waals surface area (Å²) in [6.07, 6.45) is 3.41. The number of hydrogen-bond acceptors (Lipinski definition) is 4. The van der Waals surface area contributed by atoms with Gasteiger partial charge in [0.25, 0.3) is 0 Å². The normalized spacial score (nSPS) is 33.0. The van der Waals surface area contributed by atoms with Gasteiger partial charge in [-0.15, -0.1) is 6.58 Å². The summed E-state index contributed by atoms with van der Waals surface area (Å²) < 4.78 is 10.2. The molecular formula is C16H22O4. The van der Waals surface area contributed by atoms with E-state index in [0.717, 1.165) is 12.8 Å². The Morgan fingerprint density at radius 3 is 2.60 bits per heavy atom. The molecule has 0 saturated heterocycles. The number of hydrogen-bond donors (Lipinski definition) is 0. The van der Waals surface area contributed by atoms with E-state index in [0.29, 0.717) is 5.57 Å². The number of carbonyl (C=O) groups is 2. The van der Waals surface area contributed by atoms with Gasteiger partial charge in [0.05, 0.1) is 19.1 Å². The van der Waals surface area contributed by atoms with E-state index >= 15 is 0 Å². The minimum absolute atomic E-state index is 0.0207. The van der Waals surface area contributed by atoms with E-state index in [4.69, 9.17) is 9.47 Å². The van der Waals surface area contributed by atoms with Crippen LogP contribution in [0.4, 0.5) is 0 Å². The molecule has 2 fully saturated rings. The zero-order valence-corrected chi connectivity index (χ0v) is 12.6. The fourth-order valence-electron chi connectivity index (χ4n) is 3.89. The van der Waals surface area contributed by atoms with Gasteiger partial charge in [0.15, 0.2) is 5.78 Å². The van der Waals surface area contributed by atoms with Crippen LogP contribution < -0.4 is 0 Å². The van der Waals surface area contributed by atoms with Gasteiger partial charge in [-0.05, 0) is 31.1 Å². The molecule has 0 aromatic heterocycles. The number of fused-ring (bicyclic) bond motifs is 2. The maximum absolute atomic E-state index is 12.8. The zero-order chi connectivity index (χ0) is 15.1. The zero-order valence-electron chi connectivity index (χ0n) is 12.6. The fourth-order valence-corrected chi connectivity index (χ4v) is 3.89. The number of methoxy groups -OCH3 is 1. The van der Waals surface area contributed by atoms with Crippen LogP contribution in [0.2, 0.25) is 0 Å². The maximum Gasteiger partial charge on any atom is 0.374 e. The highest BCUT2D eigenvalue weighted by Crippen LogP contribution is 2.66. The third kappa shape index (κ3) is 1.60. The van der Waals surface area contributed by atoms with Crippen molar-refractivity contribution in [2.45, 2.75) is 33.6 Å². The molecule has 2 rings (SSSR count). The number of Topliss-reactive ketones (excluding diaryl/α,β-unsaturated/α-hetero) is 1. The molecule has 2 aliphatic carbocycles. The first-order chi connectivity index (χ1) is 9.37. The molecule has 0 heterocycles. The van der Waals surface area contributed by atoms with Gasteiger partial charge in [-0.2, -0.15) is 0 Å². The predicted molar refractivity (Wildman–Crippen MR) is 74.8 cm³/mol. The van der Waals surface area contributed by atoms with Crippen LogP contribution in [0, 0.1) is 16.7 Å². The van der Waals surface area contributed by atoms with E-state index < -0.39 is 11.4 Å². The first-order valence-electron chi connectivity index (χ1n) is 7.01. The van der Waals surface area contributed by atoms with E-state index in [1.54, 1.807) is 13.0 Å². The molecule has 110 valence electrons. The second-order valence-corrected chi connectivity index (χ2v) is 5.98. The van der Waals surface area contributed by atoms with Crippen molar-refractivity contribution in [3.63, 3.8) is 0 Å². The van der Waals surface area contributed by atoms with Crippen molar-refractivity contribution in [2.24, 2.45) is 16.7 Å². The Hall–Kier alpha value is -1.58. The number of esters is 1. The molecule has 0 amide bonds. The van der Waals surface area contributed by atoms with Crippen LogP contribution in [0.3, 0.4) is 0 Å². The Morgan fingerprint density at radius 2 is 2.15 bits per heavy atom. The van der Waals surface area contributed by atoms with E-state index in [1.165, 1.54) is 7.11 Å². The molecule has 2 saturated carbocycles. The summed E-state index contributed by atoms with van der Waals surface area (Å²) >= 11 is 0. The van der Waals surface area contributed by atoms with Gasteiger partial charge < -0.3 is 9.47 Å². The Morgan fingerprint density at radius 1 is 1.50 bits per heavy atom. The molecule has 4 nitrogen and oxygen atoms in total. The lowest BCUT2D eigenvalue weighted by Crippen LogP contribution is -2.33. The highest BCUT2D eigenvalue weighted by atomic mass is 16.6. The summed E-state index contributed by atoms with van der Waals surface area (Å²) in [4.78, 5) is 24.8. The molecule has 0 aromatic rings. The van der Waals surface area contributed by atoms with Crippen LogP contribution in [-0.2, 0) is 19.1 Å². The summed E-state index contributed by atoms with van der Waals surface area (Å²) in [5.41, 5.74) is -0.331. The number of carbonyl (C=O) groups excluding carboxylic acids is 2. The van der Waals surface area contributed by atoms with Crippen molar-refractivity contribution in [2.75, 3.05) is 13.7 Å². The molecule has 0 spiro atoms. The summed E-state index contributed by atoms with van der Waals surface area (Å²) in [6.45, 7) is 9.98. The molecule has 0 aliphatic heterocycles. The van der Waals surface area contributed by atoms with E-state index in [1.807, 2.05) is 0 Å². The molecule has 20 heavy (non-hydrogen) atoms. The van der Waals surface area contributed by atoms with Gasteiger partial charge in [-0.3, -0.25) is 4.79 Å². The lowest BCUT2D eigenvalue weighted by molar-refractivity contribution is -0.142. The lowest BCUT2D eigenvalue weighted by atomic mass is 9.69. The van der Waals surface area contributed by atoms with Crippen LogP contribution in [-0.4, -0.2) is 25.5 Å². The molecule has 2 unspecified atom stereocenters. The molecule has 0 N–H and O–H groups in total. The van der Waals surface area contributed by atoms with Crippen LogP contribution >= 0.6 is 0 Å². The molecule has 4 heteroatoms. The molecular weight excluding hydrogens is 256 g/mol. The average Bonchev–Trinajstić information content (AvgIpc) is 2.74. The molecule has 0 aromatic carbocycles. The smallest absolute Gasteiger partial charge is 0.374 e. The first-order valence-corrected chi connectivity index (χ1v) is 7.01. The fraction of sp³-hybridized carbons (Fsp3) is 0.625. The van der Waals surface area contributed by atoms with Crippen LogP contribution in [0.5, 0.6) is 0 Å². The Kier molecular flexibility index (Phi) is 3.53.